The number of aromatic nitrogens is 2. The van der Waals surface area contributed by atoms with Crippen LogP contribution in [0.2, 0.25) is 5.15 Å². The molecule has 0 aliphatic rings. The number of nitrogens with one attached hydrogen (secondary N) is 1. The summed E-state index contributed by atoms with van der Waals surface area (Å²) in [4.78, 5) is 29.4. The maximum absolute atomic E-state index is 11.9. The minimum atomic E-state index is -0.628. The van der Waals surface area contributed by atoms with Crippen LogP contribution in [-0.4, -0.2) is 20.8 Å². The summed E-state index contributed by atoms with van der Waals surface area (Å²) < 4.78 is 0. The Morgan fingerprint density at radius 2 is 2.14 bits per heavy atom. The van der Waals surface area contributed by atoms with Crippen LogP contribution in [0.3, 0.4) is 0 Å². The first-order valence-corrected chi connectivity index (χ1v) is 5.86. The van der Waals surface area contributed by atoms with Crippen LogP contribution in [0.15, 0.2) is 30.6 Å². The van der Waals surface area contributed by atoms with E-state index in [1.165, 1.54) is 24.5 Å². The van der Waals surface area contributed by atoms with Crippen LogP contribution in [0.5, 0.6) is 0 Å². The number of hydrogen-bond donors (Lipinski definition) is 1. The predicted octanol–water partition coefficient (Wildman–Crippen LogP) is 2.16. The van der Waals surface area contributed by atoms with Crippen molar-refractivity contribution in [3.05, 3.63) is 57.1 Å². The number of nitrogens with zero attached hydrogens (tertiary/aromatic N) is 4. The Bertz CT molecular complexity index is 754. The van der Waals surface area contributed by atoms with Crippen molar-refractivity contribution in [3.63, 3.8) is 0 Å². The van der Waals surface area contributed by atoms with Gasteiger partial charge in [-0.1, -0.05) is 11.6 Å². The number of rotatable bonds is 3. The molecule has 0 fully saturated rings. The number of amides is 1. The molecule has 1 aromatic carbocycles. The number of nitro groups is 1. The number of carbonyl (C=O) groups excluding carboxylic acids is 1. The summed E-state index contributed by atoms with van der Waals surface area (Å²) >= 11 is 5.56. The Kier molecular flexibility index (Phi) is 4.06. The van der Waals surface area contributed by atoms with Crippen molar-refractivity contribution in [2.24, 2.45) is 0 Å². The molecule has 8 nitrogen and oxygen atoms in total. The summed E-state index contributed by atoms with van der Waals surface area (Å²) in [5.74, 6) is -0.607. The topological polar surface area (TPSA) is 122 Å². The van der Waals surface area contributed by atoms with Gasteiger partial charge in [0.25, 0.3) is 11.6 Å². The van der Waals surface area contributed by atoms with Gasteiger partial charge >= 0.3 is 0 Å². The van der Waals surface area contributed by atoms with E-state index in [-0.39, 0.29) is 27.8 Å². The van der Waals surface area contributed by atoms with Gasteiger partial charge in [-0.05, 0) is 6.07 Å². The van der Waals surface area contributed by atoms with Gasteiger partial charge in [-0.15, -0.1) is 0 Å². The number of non-ortho nitro benzene ring substituents is 1. The molecule has 0 unspecified atom stereocenters. The van der Waals surface area contributed by atoms with E-state index < -0.39 is 10.8 Å². The quantitative estimate of drug-likeness (QED) is 0.684. The molecule has 1 aromatic heterocycles. The van der Waals surface area contributed by atoms with E-state index in [0.29, 0.717) is 0 Å². The molecule has 0 bridgehead atoms. The molecule has 0 saturated carbocycles. The lowest BCUT2D eigenvalue weighted by atomic mass is 10.1. The monoisotopic (exact) mass is 303 g/mol. The van der Waals surface area contributed by atoms with E-state index >= 15 is 0 Å². The van der Waals surface area contributed by atoms with Crippen molar-refractivity contribution >= 4 is 28.9 Å². The number of benzene rings is 1. The minimum absolute atomic E-state index is 0.00152. The fourth-order valence-electron chi connectivity index (χ4n) is 1.46. The summed E-state index contributed by atoms with van der Waals surface area (Å²) in [6.45, 7) is 0. The first-order chi connectivity index (χ1) is 10.0. The van der Waals surface area contributed by atoms with Gasteiger partial charge in [0, 0.05) is 12.1 Å². The van der Waals surface area contributed by atoms with E-state index in [9.17, 15) is 14.9 Å². The van der Waals surface area contributed by atoms with Gasteiger partial charge in [-0.2, -0.15) is 5.26 Å². The molecule has 21 heavy (non-hydrogen) atoms. The Morgan fingerprint density at radius 1 is 1.38 bits per heavy atom. The second-order valence-electron chi connectivity index (χ2n) is 3.78. The van der Waals surface area contributed by atoms with Gasteiger partial charge in [0.05, 0.1) is 28.6 Å². The van der Waals surface area contributed by atoms with Crippen LogP contribution in [0, 0.1) is 21.4 Å². The summed E-state index contributed by atoms with van der Waals surface area (Å²) in [5.41, 5.74) is -0.123. The van der Waals surface area contributed by atoms with Crippen LogP contribution < -0.4 is 5.32 Å². The number of nitro benzene ring substituents is 1. The van der Waals surface area contributed by atoms with Gasteiger partial charge in [-0.25, -0.2) is 9.97 Å². The van der Waals surface area contributed by atoms with E-state index in [4.69, 9.17) is 16.9 Å². The van der Waals surface area contributed by atoms with E-state index in [2.05, 4.69) is 15.3 Å². The molecule has 2 aromatic rings. The summed E-state index contributed by atoms with van der Waals surface area (Å²) in [7, 11) is 0. The Balaban J connectivity index is 2.27. The number of anilines is 1. The number of halogens is 1. The molecule has 0 radical (unpaired) electrons. The lowest BCUT2D eigenvalue weighted by Gasteiger charge is -2.06. The van der Waals surface area contributed by atoms with Crippen LogP contribution in [-0.2, 0) is 0 Å². The lowest BCUT2D eigenvalue weighted by molar-refractivity contribution is -0.384. The van der Waals surface area contributed by atoms with Crippen molar-refractivity contribution in [3.8, 4) is 6.07 Å². The van der Waals surface area contributed by atoms with Crippen LogP contribution in [0.25, 0.3) is 0 Å². The molecule has 0 atom stereocenters. The zero-order valence-electron chi connectivity index (χ0n) is 10.3. The standard InChI is InChI=1S/C12H6ClN5O3/c13-11-6-15-10(5-16-11)12(19)17-9-2-1-8(18(20)21)3-7(9)4-14/h1-3,5-6H,(H,17,19). The maximum Gasteiger partial charge on any atom is 0.275 e. The van der Waals surface area contributed by atoms with Gasteiger partial charge in [0.2, 0.25) is 0 Å². The highest BCUT2D eigenvalue weighted by Crippen LogP contribution is 2.21. The van der Waals surface area contributed by atoms with Gasteiger partial charge in [-0.3, -0.25) is 14.9 Å². The number of nitriles is 1. The Labute approximate surface area is 123 Å². The molecular weight excluding hydrogens is 298 g/mol. The van der Waals surface area contributed by atoms with Crippen molar-refractivity contribution in [2.75, 3.05) is 5.32 Å². The van der Waals surface area contributed by atoms with E-state index in [1.807, 2.05) is 0 Å². The fourth-order valence-corrected chi connectivity index (χ4v) is 1.56. The SMILES string of the molecule is N#Cc1cc([N+](=O)[O-])ccc1NC(=O)c1cnc(Cl)cn1. The largest absolute Gasteiger partial charge is 0.319 e. The Hall–Kier alpha value is -3.05. The highest BCUT2D eigenvalue weighted by molar-refractivity contribution is 6.29. The molecular formula is C12H6ClN5O3. The highest BCUT2D eigenvalue weighted by atomic mass is 35.5. The third kappa shape index (κ3) is 3.29. The fraction of sp³-hybridized carbons (Fsp3) is 0. The third-order valence-corrected chi connectivity index (χ3v) is 2.63. The van der Waals surface area contributed by atoms with Crippen LogP contribution >= 0.6 is 11.6 Å². The second-order valence-corrected chi connectivity index (χ2v) is 4.16. The third-order valence-electron chi connectivity index (χ3n) is 2.44. The summed E-state index contributed by atoms with van der Waals surface area (Å²) in [6, 6.07) is 5.31. The molecule has 0 aliphatic heterocycles. The molecule has 9 heteroatoms. The maximum atomic E-state index is 11.9. The van der Waals surface area contributed by atoms with Crippen LogP contribution in [0.1, 0.15) is 16.1 Å². The number of carbonyl (C=O) groups is 1. The lowest BCUT2D eigenvalue weighted by Crippen LogP contribution is -2.14. The van der Waals surface area contributed by atoms with Gasteiger partial charge in [0.15, 0.2) is 0 Å². The minimum Gasteiger partial charge on any atom is -0.319 e. The summed E-state index contributed by atoms with van der Waals surface area (Å²) in [5, 5.41) is 22.2. The zero-order chi connectivity index (χ0) is 15.4. The van der Waals surface area contributed by atoms with Gasteiger partial charge < -0.3 is 5.32 Å². The average molecular weight is 304 g/mol. The Morgan fingerprint density at radius 3 is 2.71 bits per heavy atom. The first kappa shape index (κ1) is 14.4. The normalized spacial score (nSPS) is 9.71. The van der Waals surface area contributed by atoms with E-state index in [0.717, 1.165) is 6.07 Å². The van der Waals surface area contributed by atoms with Crippen molar-refractivity contribution < 1.29 is 9.72 Å². The van der Waals surface area contributed by atoms with Gasteiger partial charge in [0.1, 0.15) is 16.9 Å². The van der Waals surface area contributed by atoms with Crippen LogP contribution in [0.4, 0.5) is 11.4 Å². The highest BCUT2D eigenvalue weighted by Gasteiger charge is 2.14. The molecule has 0 spiro atoms. The number of hydrogen-bond acceptors (Lipinski definition) is 6. The smallest absolute Gasteiger partial charge is 0.275 e. The van der Waals surface area contributed by atoms with E-state index in [1.54, 1.807) is 6.07 Å². The van der Waals surface area contributed by atoms with Crippen molar-refractivity contribution in [2.45, 2.75) is 0 Å². The second kappa shape index (κ2) is 5.94. The molecule has 2 rings (SSSR count). The zero-order valence-corrected chi connectivity index (χ0v) is 11.0. The molecule has 0 aliphatic carbocycles. The molecule has 1 N–H and O–H groups in total. The first-order valence-electron chi connectivity index (χ1n) is 5.48. The average Bonchev–Trinajstić information content (AvgIpc) is 2.48. The van der Waals surface area contributed by atoms with Crippen molar-refractivity contribution in [1.29, 1.82) is 5.26 Å². The summed E-state index contributed by atoms with van der Waals surface area (Å²) in [6.07, 6.45) is 2.38. The molecule has 1 amide bonds. The predicted molar refractivity (Wildman–Crippen MR) is 72.8 cm³/mol. The van der Waals surface area contributed by atoms with Crippen molar-refractivity contribution in [1.82, 2.24) is 9.97 Å². The molecule has 0 saturated heterocycles. The molecule has 104 valence electrons. The molecule has 1 heterocycles.